The topological polar surface area (TPSA) is 88.1 Å². The fourth-order valence-electron chi connectivity index (χ4n) is 2.15. The third kappa shape index (κ3) is 5.58. The predicted molar refractivity (Wildman–Crippen MR) is 92.3 cm³/mol. The maximum Gasteiger partial charge on any atom is 0.304 e. The van der Waals surface area contributed by atoms with Gasteiger partial charge in [0.2, 0.25) is 5.91 Å². The standard InChI is InChI=1S/C16H22N2O5.ClH/c1-11(18(2)7-6-15(19)20)16(21)17-12-4-5-13-14(10-12)23-9-3-8-22-13;/h4-5,10-11H,3,6-9H2,1-2H3,(H,17,21)(H,19,20);1H. The van der Waals surface area contributed by atoms with E-state index in [1.54, 1.807) is 37.1 Å². The molecule has 8 heteroatoms. The van der Waals surface area contributed by atoms with Gasteiger partial charge in [-0.25, -0.2) is 0 Å². The van der Waals surface area contributed by atoms with Crippen molar-refractivity contribution in [1.82, 2.24) is 4.90 Å². The van der Waals surface area contributed by atoms with Gasteiger partial charge < -0.3 is 19.9 Å². The van der Waals surface area contributed by atoms with E-state index in [-0.39, 0.29) is 24.7 Å². The van der Waals surface area contributed by atoms with Crippen LogP contribution < -0.4 is 14.8 Å². The number of carboxylic acid groups (broad SMARTS) is 1. The van der Waals surface area contributed by atoms with Crippen molar-refractivity contribution in [1.29, 1.82) is 0 Å². The fourth-order valence-corrected chi connectivity index (χ4v) is 2.15. The third-order valence-corrected chi connectivity index (χ3v) is 3.73. The van der Waals surface area contributed by atoms with E-state index in [2.05, 4.69) is 5.32 Å². The molecule has 0 saturated carbocycles. The molecule has 0 aliphatic carbocycles. The van der Waals surface area contributed by atoms with E-state index in [0.717, 1.165) is 6.42 Å². The summed E-state index contributed by atoms with van der Waals surface area (Å²) in [6.07, 6.45) is 0.819. The number of carboxylic acids is 1. The molecular weight excluding hydrogens is 336 g/mol. The molecule has 0 saturated heterocycles. The molecular formula is C16H23ClN2O5. The Balaban J connectivity index is 0.00000288. The number of amides is 1. The number of halogens is 1. The van der Waals surface area contributed by atoms with Gasteiger partial charge in [0, 0.05) is 24.7 Å². The van der Waals surface area contributed by atoms with Gasteiger partial charge in [-0.15, -0.1) is 12.4 Å². The molecule has 0 aromatic heterocycles. The van der Waals surface area contributed by atoms with Gasteiger partial charge in [0.25, 0.3) is 0 Å². The minimum Gasteiger partial charge on any atom is -0.490 e. The third-order valence-electron chi connectivity index (χ3n) is 3.73. The first-order valence-electron chi connectivity index (χ1n) is 7.60. The van der Waals surface area contributed by atoms with Gasteiger partial charge in [0.15, 0.2) is 11.5 Å². The van der Waals surface area contributed by atoms with Crippen LogP contribution in [0.3, 0.4) is 0 Å². The number of ether oxygens (including phenoxy) is 2. The summed E-state index contributed by atoms with van der Waals surface area (Å²) in [5, 5.41) is 11.5. The van der Waals surface area contributed by atoms with Crippen molar-refractivity contribution in [2.75, 3.05) is 32.1 Å². The largest absolute Gasteiger partial charge is 0.490 e. The first kappa shape index (κ1) is 20.1. The summed E-state index contributed by atoms with van der Waals surface area (Å²) in [6, 6.07) is 4.83. The zero-order chi connectivity index (χ0) is 16.8. The van der Waals surface area contributed by atoms with E-state index < -0.39 is 12.0 Å². The summed E-state index contributed by atoms with van der Waals surface area (Å²) in [5.41, 5.74) is 0.623. The van der Waals surface area contributed by atoms with Crippen LogP contribution >= 0.6 is 12.4 Å². The normalized spacial score (nSPS) is 14.3. The van der Waals surface area contributed by atoms with Gasteiger partial charge in [-0.2, -0.15) is 0 Å². The highest BCUT2D eigenvalue weighted by atomic mass is 35.5. The zero-order valence-corrected chi connectivity index (χ0v) is 14.6. The number of carbonyl (C=O) groups is 2. The molecule has 1 atom stereocenters. The van der Waals surface area contributed by atoms with Crippen molar-refractivity contribution in [3.05, 3.63) is 18.2 Å². The van der Waals surface area contributed by atoms with E-state index in [9.17, 15) is 9.59 Å². The first-order valence-corrected chi connectivity index (χ1v) is 7.60. The van der Waals surface area contributed by atoms with E-state index in [4.69, 9.17) is 14.6 Å². The lowest BCUT2D eigenvalue weighted by atomic mass is 10.2. The van der Waals surface area contributed by atoms with Crippen LogP contribution in [0.1, 0.15) is 19.8 Å². The minimum atomic E-state index is -0.882. The summed E-state index contributed by atoms with van der Waals surface area (Å²) in [6.45, 7) is 3.24. The number of nitrogens with one attached hydrogen (secondary N) is 1. The van der Waals surface area contributed by atoms with Gasteiger partial charge in [-0.1, -0.05) is 0 Å². The number of carbonyl (C=O) groups excluding carboxylic acids is 1. The highest BCUT2D eigenvalue weighted by molar-refractivity contribution is 5.94. The van der Waals surface area contributed by atoms with E-state index in [1.807, 2.05) is 0 Å². The highest BCUT2D eigenvalue weighted by Gasteiger charge is 2.19. The molecule has 1 aromatic carbocycles. The lowest BCUT2D eigenvalue weighted by Crippen LogP contribution is -2.40. The second-order valence-electron chi connectivity index (χ2n) is 5.50. The van der Waals surface area contributed by atoms with Gasteiger partial charge in [0.05, 0.1) is 25.7 Å². The lowest BCUT2D eigenvalue weighted by molar-refractivity contribution is -0.137. The van der Waals surface area contributed by atoms with Crippen molar-refractivity contribution in [2.45, 2.75) is 25.8 Å². The Morgan fingerprint density at radius 1 is 1.29 bits per heavy atom. The fraction of sp³-hybridized carbons (Fsp3) is 0.500. The molecule has 1 aliphatic rings. The molecule has 0 bridgehead atoms. The zero-order valence-electron chi connectivity index (χ0n) is 13.8. The maximum absolute atomic E-state index is 12.3. The lowest BCUT2D eigenvalue weighted by Gasteiger charge is -2.23. The van der Waals surface area contributed by atoms with Crippen molar-refractivity contribution >= 4 is 30.0 Å². The van der Waals surface area contributed by atoms with Crippen molar-refractivity contribution < 1.29 is 24.2 Å². The Bertz CT molecular complexity index is 582. The van der Waals surface area contributed by atoms with E-state index in [1.165, 1.54) is 0 Å². The molecule has 1 aliphatic heterocycles. The summed E-state index contributed by atoms with van der Waals surface area (Å²) in [7, 11) is 1.72. The molecule has 0 spiro atoms. The van der Waals surface area contributed by atoms with Crippen LogP contribution in [0.15, 0.2) is 18.2 Å². The Hall–Kier alpha value is -1.99. The number of benzene rings is 1. The van der Waals surface area contributed by atoms with Crippen LogP contribution in [-0.2, 0) is 9.59 Å². The molecule has 2 rings (SSSR count). The summed E-state index contributed by atoms with van der Waals surface area (Å²) in [4.78, 5) is 24.6. The van der Waals surface area contributed by atoms with Crippen LogP contribution in [0.2, 0.25) is 0 Å². The summed E-state index contributed by atoms with van der Waals surface area (Å²) in [5.74, 6) is 0.207. The Morgan fingerprint density at radius 3 is 2.62 bits per heavy atom. The molecule has 134 valence electrons. The Morgan fingerprint density at radius 2 is 1.96 bits per heavy atom. The first-order chi connectivity index (χ1) is 11.0. The van der Waals surface area contributed by atoms with Crippen LogP contribution in [-0.4, -0.2) is 54.7 Å². The second-order valence-corrected chi connectivity index (χ2v) is 5.50. The Kier molecular flexibility index (Phi) is 7.81. The van der Waals surface area contributed by atoms with Crippen LogP contribution in [0.5, 0.6) is 11.5 Å². The number of anilines is 1. The van der Waals surface area contributed by atoms with Crippen LogP contribution in [0.4, 0.5) is 5.69 Å². The van der Waals surface area contributed by atoms with Crippen molar-refractivity contribution in [3.63, 3.8) is 0 Å². The van der Waals surface area contributed by atoms with Gasteiger partial charge in [-0.3, -0.25) is 14.5 Å². The number of hydrogen-bond donors (Lipinski definition) is 2. The molecule has 1 unspecified atom stereocenters. The summed E-state index contributed by atoms with van der Waals surface area (Å²) >= 11 is 0. The summed E-state index contributed by atoms with van der Waals surface area (Å²) < 4.78 is 11.1. The highest BCUT2D eigenvalue weighted by Crippen LogP contribution is 2.32. The number of hydrogen-bond acceptors (Lipinski definition) is 5. The van der Waals surface area contributed by atoms with Crippen molar-refractivity contribution in [3.8, 4) is 11.5 Å². The predicted octanol–water partition coefficient (Wildman–Crippen LogP) is 2.00. The average molecular weight is 359 g/mol. The van der Waals surface area contributed by atoms with Crippen LogP contribution in [0.25, 0.3) is 0 Å². The van der Waals surface area contributed by atoms with Gasteiger partial charge in [0.1, 0.15) is 0 Å². The average Bonchev–Trinajstić information content (AvgIpc) is 2.76. The second kappa shape index (κ2) is 9.34. The molecule has 0 fully saturated rings. The van der Waals surface area contributed by atoms with Gasteiger partial charge >= 0.3 is 5.97 Å². The molecule has 7 nitrogen and oxygen atoms in total. The maximum atomic E-state index is 12.3. The monoisotopic (exact) mass is 358 g/mol. The SMILES string of the molecule is CC(C(=O)Nc1ccc2c(c1)OCCCO2)N(C)CCC(=O)O.Cl. The number of fused-ring (bicyclic) bond motifs is 1. The van der Waals surface area contributed by atoms with E-state index >= 15 is 0 Å². The molecule has 1 aromatic rings. The number of rotatable bonds is 6. The van der Waals surface area contributed by atoms with Crippen molar-refractivity contribution in [2.24, 2.45) is 0 Å². The molecule has 2 N–H and O–H groups in total. The van der Waals surface area contributed by atoms with E-state index in [0.29, 0.717) is 36.9 Å². The van der Waals surface area contributed by atoms with Gasteiger partial charge in [-0.05, 0) is 26.1 Å². The quantitative estimate of drug-likeness (QED) is 0.808. The number of likely N-dealkylation sites (N-methyl/N-ethyl adjacent to an activating group) is 1. The molecule has 0 radical (unpaired) electrons. The molecule has 24 heavy (non-hydrogen) atoms. The van der Waals surface area contributed by atoms with Crippen LogP contribution in [0, 0.1) is 0 Å². The molecule has 1 heterocycles. The minimum absolute atomic E-state index is 0. The molecule has 1 amide bonds. The Labute approximate surface area is 147 Å². The number of aliphatic carboxylic acids is 1. The number of nitrogens with zero attached hydrogens (tertiary/aromatic N) is 1. The smallest absolute Gasteiger partial charge is 0.304 e.